The molecule has 7 heteroatoms. The van der Waals surface area contributed by atoms with E-state index in [9.17, 15) is 17.6 Å². The van der Waals surface area contributed by atoms with E-state index in [0.717, 1.165) is 0 Å². The molecule has 1 fully saturated rings. The molecule has 1 aliphatic rings. The van der Waals surface area contributed by atoms with Gasteiger partial charge in [-0.05, 0) is 42.3 Å². The van der Waals surface area contributed by atoms with Crippen molar-refractivity contribution in [2.75, 3.05) is 21.9 Å². The fourth-order valence-electron chi connectivity index (χ4n) is 2.66. The summed E-state index contributed by atoms with van der Waals surface area (Å²) in [4.78, 5) is 12.1. The third-order valence-corrected chi connectivity index (χ3v) is 5.66. The Bertz CT molecular complexity index is 850. The first-order chi connectivity index (χ1) is 11.4. The molecule has 0 aromatic heterocycles. The van der Waals surface area contributed by atoms with Crippen LogP contribution < -0.4 is 9.62 Å². The van der Waals surface area contributed by atoms with Crippen LogP contribution in [-0.4, -0.2) is 26.6 Å². The van der Waals surface area contributed by atoms with Crippen molar-refractivity contribution in [2.45, 2.75) is 12.8 Å². The average Bonchev–Trinajstić information content (AvgIpc) is 2.89. The SMILES string of the molecule is O=C(Cc1ccc(F)cc1)Nc1cccc(N2CCCS2(=O)=O)c1. The second kappa shape index (κ2) is 6.60. The highest BCUT2D eigenvalue weighted by molar-refractivity contribution is 7.93. The molecule has 0 atom stereocenters. The zero-order valence-corrected chi connectivity index (χ0v) is 13.7. The Morgan fingerprint density at radius 2 is 1.92 bits per heavy atom. The first-order valence-electron chi connectivity index (χ1n) is 7.59. The van der Waals surface area contributed by atoms with Gasteiger partial charge in [0.15, 0.2) is 0 Å². The van der Waals surface area contributed by atoms with Gasteiger partial charge in [-0.3, -0.25) is 9.10 Å². The Kier molecular flexibility index (Phi) is 4.53. The summed E-state index contributed by atoms with van der Waals surface area (Å²) in [5.41, 5.74) is 1.78. The summed E-state index contributed by atoms with van der Waals surface area (Å²) >= 11 is 0. The number of rotatable bonds is 4. The lowest BCUT2D eigenvalue weighted by Crippen LogP contribution is -2.25. The van der Waals surface area contributed by atoms with Crippen LogP contribution in [0.2, 0.25) is 0 Å². The van der Waals surface area contributed by atoms with Gasteiger partial charge in [-0.1, -0.05) is 18.2 Å². The van der Waals surface area contributed by atoms with Crippen molar-refractivity contribution >= 4 is 27.3 Å². The predicted molar refractivity (Wildman–Crippen MR) is 90.9 cm³/mol. The van der Waals surface area contributed by atoms with Crippen LogP contribution in [0.4, 0.5) is 15.8 Å². The smallest absolute Gasteiger partial charge is 0.235 e. The lowest BCUT2D eigenvalue weighted by molar-refractivity contribution is -0.115. The van der Waals surface area contributed by atoms with Crippen molar-refractivity contribution in [1.82, 2.24) is 0 Å². The van der Waals surface area contributed by atoms with E-state index in [4.69, 9.17) is 0 Å². The molecule has 0 spiro atoms. The van der Waals surface area contributed by atoms with Gasteiger partial charge in [-0.2, -0.15) is 0 Å². The van der Waals surface area contributed by atoms with Crippen LogP contribution in [-0.2, 0) is 21.2 Å². The first-order valence-corrected chi connectivity index (χ1v) is 9.20. The topological polar surface area (TPSA) is 66.5 Å². The van der Waals surface area contributed by atoms with Crippen LogP contribution in [0, 0.1) is 5.82 Å². The second-order valence-electron chi connectivity index (χ2n) is 5.64. The number of sulfonamides is 1. The van der Waals surface area contributed by atoms with Crippen LogP contribution in [0.25, 0.3) is 0 Å². The van der Waals surface area contributed by atoms with Crippen molar-refractivity contribution < 1.29 is 17.6 Å². The Labute approximate surface area is 140 Å². The lowest BCUT2D eigenvalue weighted by atomic mass is 10.1. The summed E-state index contributed by atoms with van der Waals surface area (Å²) in [7, 11) is -3.25. The minimum absolute atomic E-state index is 0.118. The summed E-state index contributed by atoms with van der Waals surface area (Å²) in [5.74, 6) is -0.449. The lowest BCUT2D eigenvalue weighted by Gasteiger charge is -2.17. The van der Waals surface area contributed by atoms with Crippen molar-refractivity contribution in [3.63, 3.8) is 0 Å². The second-order valence-corrected chi connectivity index (χ2v) is 7.66. The Hall–Kier alpha value is -2.41. The monoisotopic (exact) mass is 348 g/mol. The van der Waals surface area contributed by atoms with Gasteiger partial charge in [0.05, 0.1) is 17.9 Å². The van der Waals surface area contributed by atoms with Gasteiger partial charge >= 0.3 is 0 Å². The largest absolute Gasteiger partial charge is 0.326 e. The molecular formula is C17H17FN2O3S. The maximum Gasteiger partial charge on any atom is 0.235 e. The number of nitrogens with zero attached hydrogens (tertiary/aromatic N) is 1. The predicted octanol–water partition coefficient (Wildman–Crippen LogP) is 2.55. The van der Waals surface area contributed by atoms with Gasteiger partial charge in [-0.15, -0.1) is 0 Å². The van der Waals surface area contributed by atoms with Crippen molar-refractivity contribution in [2.24, 2.45) is 0 Å². The van der Waals surface area contributed by atoms with E-state index in [2.05, 4.69) is 5.32 Å². The normalized spacial score (nSPS) is 16.1. The van der Waals surface area contributed by atoms with E-state index in [-0.39, 0.29) is 23.9 Å². The number of nitrogens with one attached hydrogen (secondary N) is 1. The number of carbonyl (C=O) groups excluding carboxylic acids is 1. The highest BCUT2D eigenvalue weighted by atomic mass is 32.2. The Morgan fingerprint density at radius 3 is 2.58 bits per heavy atom. The van der Waals surface area contributed by atoms with E-state index in [0.29, 0.717) is 29.9 Å². The molecule has 5 nitrogen and oxygen atoms in total. The zero-order chi connectivity index (χ0) is 17.2. The van der Waals surface area contributed by atoms with Crippen molar-refractivity contribution in [3.05, 3.63) is 59.9 Å². The van der Waals surface area contributed by atoms with Crippen LogP contribution in [0.15, 0.2) is 48.5 Å². The van der Waals surface area contributed by atoms with E-state index < -0.39 is 10.0 Å². The van der Waals surface area contributed by atoms with Gasteiger partial charge in [0.2, 0.25) is 15.9 Å². The minimum Gasteiger partial charge on any atom is -0.326 e. The summed E-state index contributed by atoms with van der Waals surface area (Å²) in [6, 6.07) is 12.5. The molecule has 0 radical (unpaired) electrons. The van der Waals surface area contributed by atoms with E-state index in [1.807, 2.05) is 0 Å². The quantitative estimate of drug-likeness (QED) is 0.923. The molecule has 2 aromatic carbocycles. The number of hydrogen-bond donors (Lipinski definition) is 1. The van der Waals surface area contributed by atoms with Gasteiger partial charge in [-0.25, -0.2) is 12.8 Å². The van der Waals surface area contributed by atoms with Crippen molar-refractivity contribution in [3.8, 4) is 0 Å². The maximum absolute atomic E-state index is 12.9. The number of hydrogen-bond acceptors (Lipinski definition) is 3. The van der Waals surface area contributed by atoms with Crippen LogP contribution in [0.5, 0.6) is 0 Å². The average molecular weight is 348 g/mol. The fraction of sp³-hybridized carbons (Fsp3) is 0.235. The van der Waals surface area contributed by atoms with Gasteiger partial charge in [0.25, 0.3) is 0 Å². The molecule has 24 heavy (non-hydrogen) atoms. The number of benzene rings is 2. The number of anilines is 2. The molecule has 1 heterocycles. The molecule has 1 amide bonds. The van der Waals surface area contributed by atoms with E-state index >= 15 is 0 Å². The first kappa shape index (κ1) is 16.4. The third-order valence-electron chi connectivity index (χ3n) is 3.80. The summed E-state index contributed by atoms with van der Waals surface area (Å²) < 4.78 is 38.2. The van der Waals surface area contributed by atoms with Crippen LogP contribution in [0.3, 0.4) is 0 Å². The Balaban J connectivity index is 1.70. The highest BCUT2D eigenvalue weighted by Crippen LogP contribution is 2.26. The highest BCUT2D eigenvalue weighted by Gasteiger charge is 2.28. The number of amides is 1. The molecular weight excluding hydrogens is 331 g/mol. The fourth-order valence-corrected chi connectivity index (χ4v) is 4.22. The summed E-state index contributed by atoms with van der Waals surface area (Å²) in [6.45, 7) is 0.454. The molecule has 0 aliphatic carbocycles. The molecule has 3 rings (SSSR count). The minimum atomic E-state index is -3.25. The van der Waals surface area contributed by atoms with Gasteiger partial charge in [0.1, 0.15) is 5.82 Å². The molecule has 0 saturated carbocycles. The number of halogens is 1. The summed E-state index contributed by atoms with van der Waals surface area (Å²) in [6.07, 6.45) is 0.718. The third kappa shape index (κ3) is 3.73. The zero-order valence-electron chi connectivity index (χ0n) is 12.9. The Morgan fingerprint density at radius 1 is 1.17 bits per heavy atom. The van der Waals surface area contributed by atoms with Gasteiger partial charge in [0, 0.05) is 12.2 Å². The molecule has 1 aliphatic heterocycles. The maximum atomic E-state index is 12.9. The molecule has 2 aromatic rings. The van der Waals surface area contributed by atoms with E-state index in [1.165, 1.54) is 16.4 Å². The summed E-state index contributed by atoms with van der Waals surface area (Å²) in [5, 5.41) is 2.74. The molecule has 0 unspecified atom stereocenters. The van der Waals surface area contributed by atoms with E-state index in [1.54, 1.807) is 36.4 Å². The van der Waals surface area contributed by atoms with Crippen LogP contribution in [0.1, 0.15) is 12.0 Å². The number of carbonyl (C=O) groups is 1. The molecule has 1 N–H and O–H groups in total. The molecule has 1 saturated heterocycles. The standard InChI is InChI=1S/C17H17FN2O3S/c18-14-7-5-13(6-8-14)11-17(21)19-15-3-1-4-16(12-15)20-9-2-10-24(20,22)23/h1,3-8,12H,2,9-11H2,(H,19,21). The molecule has 126 valence electrons. The van der Waals surface area contributed by atoms with Crippen LogP contribution >= 0.6 is 0 Å². The molecule has 0 bridgehead atoms. The van der Waals surface area contributed by atoms with Crippen molar-refractivity contribution in [1.29, 1.82) is 0 Å². The van der Waals surface area contributed by atoms with Gasteiger partial charge < -0.3 is 5.32 Å².